The second-order valence-electron chi connectivity index (χ2n) is 7.50. The predicted octanol–water partition coefficient (Wildman–Crippen LogP) is 4.81. The van der Waals surface area contributed by atoms with E-state index in [1.807, 2.05) is 24.3 Å². The number of hydrogen-bond acceptors (Lipinski definition) is 5. The van der Waals surface area contributed by atoms with Gasteiger partial charge >= 0.3 is 0 Å². The second kappa shape index (κ2) is 8.29. The second-order valence-corrected chi connectivity index (χ2v) is 7.50. The molecule has 4 rings (SSSR count). The number of ether oxygens (including phenoxy) is 3. The van der Waals surface area contributed by atoms with Crippen LogP contribution in [0.3, 0.4) is 0 Å². The molecular formula is C24H27NO4. The molecule has 0 radical (unpaired) electrons. The average molecular weight is 393 g/mol. The summed E-state index contributed by atoms with van der Waals surface area (Å²) >= 11 is 0. The van der Waals surface area contributed by atoms with Crippen LogP contribution in [0.25, 0.3) is 22.3 Å². The van der Waals surface area contributed by atoms with Gasteiger partial charge in [0.25, 0.3) is 0 Å². The highest BCUT2D eigenvalue weighted by Crippen LogP contribution is 2.33. The molecule has 0 spiro atoms. The minimum Gasteiger partial charge on any atom is -0.493 e. The van der Waals surface area contributed by atoms with Gasteiger partial charge in [-0.2, -0.15) is 0 Å². The monoisotopic (exact) mass is 393 g/mol. The van der Waals surface area contributed by atoms with Crippen LogP contribution >= 0.6 is 0 Å². The number of benzene rings is 2. The molecule has 1 aromatic heterocycles. The normalized spacial score (nSPS) is 17.1. The first kappa shape index (κ1) is 19.5. The highest BCUT2D eigenvalue weighted by Gasteiger charge is 2.16. The zero-order valence-corrected chi connectivity index (χ0v) is 17.5. The Morgan fingerprint density at radius 2 is 1.86 bits per heavy atom. The summed E-state index contributed by atoms with van der Waals surface area (Å²) in [6, 6.07) is 12.0. The minimum atomic E-state index is 0.206. The summed E-state index contributed by atoms with van der Waals surface area (Å²) in [5, 5.41) is 1.99. The molecular weight excluding hydrogens is 366 g/mol. The van der Waals surface area contributed by atoms with Crippen molar-refractivity contribution in [3.05, 3.63) is 52.9 Å². The first-order valence-corrected chi connectivity index (χ1v) is 9.98. The molecule has 5 heteroatoms. The Hall–Kier alpha value is -2.79. The summed E-state index contributed by atoms with van der Waals surface area (Å²) in [5.41, 5.74) is 4.07. The molecule has 29 heavy (non-hydrogen) atoms. The van der Waals surface area contributed by atoms with E-state index in [1.54, 1.807) is 14.2 Å². The van der Waals surface area contributed by atoms with Crippen LogP contribution in [0, 0.1) is 13.8 Å². The Morgan fingerprint density at radius 1 is 1.03 bits per heavy atom. The molecule has 5 nitrogen and oxygen atoms in total. The maximum atomic E-state index is 6.31. The molecule has 152 valence electrons. The SMILES string of the molecule is COc1ccc(-c2cc(=NCC3CCCO3)c3c(C)cc(C)cc3o2)cc1OC. The van der Waals surface area contributed by atoms with E-state index >= 15 is 0 Å². The van der Waals surface area contributed by atoms with Crippen LogP contribution < -0.4 is 14.8 Å². The topological polar surface area (TPSA) is 53.2 Å². The smallest absolute Gasteiger partial charge is 0.161 e. The Labute approximate surface area is 170 Å². The lowest BCUT2D eigenvalue weighted by molar-refractivity contribution is 0.117. The van der Waals surface area contributed by atoms with Crippen molar-refractivity contribution in [3.8, 4) is 22.8 Å². The van der Waals surface area contributed by atoms with Crippen molar-refractivity contribution < 1.29 is 18.6 Å². The number of methoxy groups -OCH3 is 2. The molecule has 0 N–H and O–H groups in total. The van der Waals surface area contributed by atoms with E-state index in [0.29, 0.717) is 18.0 Å². The summed E-state index contributed by atoms with van der Waals surface area (Å²) in [4.78, 5) is 4.93. The fourth-order valence-electron chi connectivity index (χ4n) is 3.93. The first-order valence-electron chi connectivity index (χ1n) is 9.98. The van der Waals surface area contributed by atoms with Gasteiger partial charge in [0.05, 0.1) is 32.2 Å². The van der Waals surface area contributed by atoms with Crippen LogP contribution in [0.2, 0.25) is 0 Å². The molecule has 0 saturated carbocycles. The van der Waals surface area contributed by atoms with E-state index in [1.165, 1.54) is 0 Å². The third-order valence-electron chi connectivity index (χ3n) is 5.34. The van der Waals surface area contributed by atoms with Gasteiger partial charge in [-0.3, -0.25) is 4.99 Å². The van der Waals surface area contributed by atoms with Gasteiger partial charge in [-0.15, -0.1) is 0 Å². The van der Waals surface area contributed by atoms with Gasteiger partial charge in [-0.05, 0) is 62.1 Å². The van der Waals surface area contributed by atoms with Gasteiger partial charge < -0.3 is 18.6 Å². The number of fused-ring (bicyclic) bond motifs is 1. The number of aryl methyl sites for hydroxylation is 2. The highest BCUT2D eigenvalue weighted by atomic mass is 16.5. The van der Waals surface area contributed by atoms with E-state index < -0.39 is 0 Å². The van der Waals surface area contributed by atoms with Gasteiger partial charge in [0.1, 0.15) is 11.3 Å². The molecule has 3 aromatic rings. The summed E-state index contributed by atoms with van der Waals surface area (Å²) in [6.45, 7) is 5.68. The van der Waals surface area contributed by atoms with Crippen molar-refractivity contribution >= 4 is 11.0 Å². The third-order valence-corrected chi connectivity index (χ3v) is 5.34. The summed E-state index contributed by atoms with van der Waals surface area (Å²) in [5.74, 6) is 2.10. The Bertz CT molecular complexity index is 1090. The molecule has 2 aromatic carbocycles. The van der Waals surface area contributed by atoms with Crippen molar-refractivity contribution in [1.29, 1.82) is 0 Å². The lowest BCUT2D eigenvalue weighted by Crippen LogP contribution is -2.14. The van der Waals surface area contributed by atoms with Crippen molar-refractivity contribution in [3.63, 3.8) is 0 Å². The van der Waals surface area contributed by atoms with Crippen molar-refractivity contribution in [2.45, 2.75) is 32.8 Å². The van der Waals surface area contributed by atoms with Crippen molar-refractivity contribution in [2.75, 3.05) is 27.4 Å². The van der Waals surface area contributed by atoms with E-state index in [0.717, 1.165) is 58.2 Å². The maximum absolute atomic E-state index is 6.31. The molecule has 0 aliphatic carbocycles. The maximum Gasteiger partial charge on any atom is 0.161 e. The third kappa shape index (κ3) is 4.01. The van der Waals surface area contributed by atoms with E-state index in [9.17, 15) is 0 Å². The quantitative estimate of drug-likeness (QED) is 0.624. The molecule has 2 heterocycles. The number of rotatable bonds is 5. The molecule has 1 unspecified atom stereocenters. The Balaban J connectivity index is 1.88. The molecule has 0 bridgehead atoms. The van der Waals surface area contributed by atoms with Crippen LogP contribution in [-0.4, -0.2) is 33.5 Å². The van der Waals surface area contributed by atoms with Gasteiger partial charge in [-0.25, -0.2) is 0 Å². The fraction of sp³-hybridized carbons (Fsp3) is 0.375. The first-order chi connectivity index (χ1) is 14.1. The largest absolute Gasteiger partial charge is 0.493 e. The van der Waals surface area contributed by atoms with Crippen LogP contribution in [0.1, 0.15) is 24.0 Å². The lowest BCUT2D eigenvalue weighted by atomic mass is 10.0. The van der Waals surface area contributed by atoms with E-state index in [4.69, 9.17) is 23.6 Å². The van der Waals surface area contributed by atoms with Crippen molar-refractivity contribution in [1.82, 2.24) is 0 Å². The van der Waals surface area contributed by atoms with Crippen LogP contribution in [0.4, 0.5) is 0 Å². The zero-order chi connectivity index (χ0) is 20.4. The predicted molar refractivity (Wildman–Crippen MR) is 114 cm³/mol. The number of nitrogens with zero attached hydrogens (tertiary/aromatic N) is 1. The van der Waals surface area contributed by atoms with Crippen molar-refractivity contribution in [2.24, 2.45) is 4.99 Å². The molecule has 1 fully saturated rings. The molecule has 1 aliphatic rings. The van der Waals surface area contributed by atoms with Gasteiger partial charge in [0.15, 0.2) is 11.5 Å². The fourth-order valence-corrected chi connectivity index (χ4v) is 3.93. The molecule has 0 amide bonds. The van der Waals surface area contributed by atoms with Crippen LogP contribution in [0.5, 0.6) is 11.5 Å². The molecule has 1 atom stereocenters. The molecule has 1 aliphatic heterocycles. The van der Waals surface area contributed by atoms with Crippen LogP contribution in [-0.2, 0) is 4.74 Å². The number of hydrogen-bond donors (Lipinski definition) is 0. The van der Waals surface area contributed by atoms with Gasteiger partial charge in [0, 0.05) is 23.6 Å². The Morgan fingerprint density at radius 3 is 2.59 bits per heavy atom. The minimum absolute atomic E-state index is 0.206. The molecule has 1 saturated heterocycles. The Kier molecular flexibility index (Phi) is 5.58. The van der Waals surface area contributed by atoms with Gasteiger partial charge in [0.2, 0.25) is 0 Å². The average Bonchev–Trinajstić information content (AvgIpc) is 3.24. The lowest BCUT2D eigenvalue weighted by Gasteiger charge is -2.12. The highest BCUT2D eigenvalue weighted by molar-refractivity contribution is 5.82. The van der Waals surface area contributed by atoms with Crippen LogP contribution in [0.15, 0.2) is 45.8 Å². The summed E-state index contributed by atoms with van der Waals surface area (Å²) in [6.07, 6.45) is 2.39. The summed E-state index contributed by atoms with van der Waals surface area (Å²) in [7, 11) is 3.26. The van der Waals surface area contributed by atoms with E-state index in [2.05, 4.69) is 26.0 Å². The zero-order valence-electron chi connectivity index (χ0n) is 17.5. The summed E-state index contributed by atoms with van der Waals surface area (Å²) < 4.78 is 22.9. The van der Waals surface area contributed by atoms with Gasteiger partial charge in [-0.1, -0.05) is 6.07 Å². The van der Waals surface area contributed by atoms with E-state index in [-0.39, 0.29) is 6.10 Å². The standard InChI is InChI=1S/C24H27NO4/c1-15-10-16(2)24-19(25-14-18-6-5-9-28-18)13-21(29-23(24)11-15)17-7-8-20(26-3)22(12-17)27-4/h7-8,10-13,18H,5-6,9,14H2,1-4H3.